The van der Waals surface area contributed by atoms with Gasteiger partial charge in [-0.3, -0.25) is 4.57 Å². The topological polar surface area (TPSA) is 111 Å². The summed E-state index contributed by atoms with van der Waals surface area (Å²) in [5, 5.41) is 18.7. The molecule has 7 heteroatoms. The van der Waals surface area contributed by atoms with Crippen molar-refractivity contribution in [2.24, 2.45) is 0 Å². The van der Waals surface area contributed by atoms with Crippen LogP contribution in [0.5, 0.6) is 0 Å². The van der Waals surface area contributed by atoms with Gasteiger partial charge < -0.3 is 20.7 Å². The minimum atomic E-state index is -1.29. The van der Waals surface area contributed by atoms with E-state index in [1.54, 1.807) is 0 Å². The predicted molar refractivity (Wildman–Crippen MR) is 54.6 cm³/mol. The quantitative estimate of drug-likeness (QED) is 0.565. The van der Waals surface area contributed by atoms with Crippen LogP contribution in [0.2, 0.25) is 0 Å². The molecular formula is C9H13N3O4. The fourth-order valence-electron chi connectivity index (χ4n) is 1.63. The third-order valence-electron chi connectivity index (χ3n) is 2.56. The van der Waals surface area contributed by atoms with E-state index in [0.717, 1.165) is 0 Å². The largest absolute Gasteiger partial charge is 0.393 e. The number of aliphatic hydroxyl groups excluding tert-OH is 1. The lowest BCUT2D eigenvalue weighted by molar-refractivity contribution is -0.0239. The van der Waals surface area contributed by atoms with E-state index in [1.807, 2.05) is 0 Å². The van der Waals surface area contributed by atoms with Gasteiger partial charge in [0.05, 0.1) is 13.2 Å². The van der Waals surface area contributed by atoms with Gasteiger partial charge in [-0.1, -0.05) is 0 Å². The van der Waals surface area contributed by atoms with Crippen LogP contribution in [0.3, 0.4) is 0 Å². The first kappa shape index (κ1) is 11.1. The molecule has 88 valence electrons. The van der Waals surface area contributed by atoms with Gasteiger partial charge in [-0.25, -0.2) is 4.79 Å². The summed E-state index contributed by atoms with van der Waals surface area (Å²) in [6.45, 7) is -0.411. The van der Waals surface area contributed by atoms with Gasteiger partial charge in [0, 0.05) is 12.6 Å². The van der Waals surface area contributed by atoms with E-state index >= 15 is 0 Å². The molecule has 0 radical (unpaired) electrons. The highest BCUT2D eigenvalue weighted by Gasteiger charge is 2.39. The molecule has 1 saturated heterocycles. The Morgan fingerprint density at radius 2 is 2.50 bits per heavy atom. The van der Waals surface area contributed by atoms with Crippen molar-refractivity contribution >= 4 is 5.82 Å². The SMILES string of the molecule is Nc1ccn(C2CC(O)(CO)CO2)c(=O)n1. The number of nitrogens with zero attached hydrogens (tertiary/aromatic N) is 2. The second kappa shape index (κ2) is 3.85. The lowest BCUT2D eigenvalue weighted by Gasteiger charge is -2.16. The number of rotatable bonds is 2. The van der Waals surface area contributed by atoms with Gasteiger partial charge in [-0.2, -0.15) is 4.98 Å². The van der Waals surface area contributed by atoms with E-state index in [0.29, 0.717) is 0 Å². The van der Waals surface area contributed by atoms with Gasteiger partial charge in [-0.15, -0.1) is 0 Å². The van der Waals surface area contributed by atoms with E-state index < -0.39 is 24.1 Å². The Morgan fingerprint density at radius 3 is 3.06 bits per heavy atom. The molecule has 0 spiro atoms. The number of nitrogen functional groups attached to an aromatic ring is 1. The molecule has 0 saturated carbocycles. The highest BCUT2D eigenvalue weighted by molar-refractivity contribution is 5.23. The molecule has 16 heavy (non-hydrogen) atoms. The maximum Gasteiger partial charge on any atom is 0.351 e. The smallest absolute Gasteiger partial charge is 0.351 e. The summed E-state index contributed by atoms with van der Waals surface area (Å²) >= 11 is 0. The summed E-state index contributed by atoms with van der Waals surface area (Å²) in [7, 11) is 0. The van der Waals surface area contributed by atoms with Crippen molar-refractivity contribution in [2.75, 3.05) is 18.9 Å². The lowest BCUT2D eigenvalue weighted by atomic mass is 10.0. The molecule has 0 aliphatic carbocycles. The number of hydrogen-bond donors (Lipinski definition) is 3. The van der Waals surface area contributed by atoms with Gasteiger partial charge in [0.15, 0.2) is 0 Å². The van der Waals surface area contributed by atoms with Crippen LogP contribution in [0.25, 0.3) is 0 Å². The molecule has 2 heterocycles. The zero-order chi connectivity index (χ0) is 11.8. The fourth-order valence-corrected chi connectivity index (χ4v) is 1.63. The van der Waals surface area contributed by atoms with Crippen LogP contribution in [0.1, 0.15) is 12.6 Å². The Labute approximate surface area is 91.1 Å². The van der Waals surface area contributed by atoms with E-state index in [4.69, 9.17) is 15.6 Å². The number of ether oxygens (including phenoxy) is 1. The summed E-state index contributed by atoms with van der Waals surface area (Å²) in [5.41, 5.74) is 3.53. The third-order valence-corrected chi connectivity index (χ3v) is 2.56. The van der Waals surface area contributed by atoms with E-state index in [2.05, 4.69) is 4.98 Å². The van der Waals surface area contributed by atoms with Crippen LogP contribution >= 0.6 is 0 Å². The zero-order valence-corrected chi connectivity index (χ0v) is 8.54. The van der Waals surface area contributed by atoms with Crippen molar-refractivity contribution in [3.8, 4) is 0 Å². The minimum absolute atomic E-state index is 0.00895. The molecule has 1 aromatic heterocycles. The summed E-state index contributed by atoms with van der Waals surface area (Å²) < 4.78 is 6.48. The standard InChI is InChI=1S/C9H13N3O4/c10-6-1-2-12(8(14)11-6)7-3-9(15,4-13)5-16-7/h1-2,7,13,15H,3-5H2,(H2,10,11,14). The van der Waals surface area contributed by atoms with Gasteiger partial charge in [-0.05, 0) is 6.07 Å². The van der Waals surface area contributed by atoms with Crippen molar-refractivity contribution in [2.45, 2.75) is 18.2 Å². The van der Waals surface area contributed by atoms with Crippen LogP contribution in [-0.4, -0.2) is 38.6 Å². The normalized spacial score (nSPS) is 29.5. The van der Waals surface area contributed by atoms with Gasteiger partial charge in [0.25, 0.3) is 0 Å². The summed E-state index contributed by atoms with van der Waals surface area (Å²) in [5.74, 6) is 0.136. The molecule has 7 nitrogen and oxygen atoms in total. The Balaban J connectivity index is 2.24. The molecule has 1 aliphatic rings. The zero-order valence-electron chi connectivity index (χ0n) is 8.54. The first-order valence-corrected chi connectivity index (χ1v) is 4.84. The third kappa shape index (κ3) is 1.92. The first-order valence-electron chi connectivity index (χ1n) is 4.84. The predicted octanol–water partition coefficient (Wildman–Crippen LogP) is -1.53. The van der Waals surface area contributed by atoms with Gasteiger partial charge >= 0.3 is 5.69 Å². The van der Waals surface area contributed by atoms with Crippen LogP contribution in [0.4, 0.5) is 5.82 Å². The minimum Gasteiger partial charge on any atom is -0.393 e. The van der Waals surface area contributed by atoms with Crippen LogP contribution in [0.15, 0.2) is 17.1 Å². The molecule has 2 unspecified atom stereocenters. The second-order valence-electron chi connectivity index (χ2n) is 3.89. The maximum absolute atomic E-state index is 11.5. The Morgan fingerprint density at radius 1 is 1.75 bits per heavy atom. The van der Waals surface area contributed by atoms with Crippen molar-refractivity contribution in [1.29, 1.82) is 0 Å². The Hall–Kier alpha value is -1.44. The average molecular weight is 227 g/mol. The highest BCUT2D eigenvalue weighted by atomic mass is 16.5. The molecule has 4 N–H and O–H groups in total. The van der Waals surface area contributed by atoms with E-state index in [1.165, 1.54) is 16.8 Å². The first-order chi connectivity index (χ1) is 7.54. The van der Waals surface area contributed by atoms with Crippen molar-refractivity contribution in [3.05, 3.63) is 22.7 Å². The molecule has 2 rings (SSSR count). The molecular weight excluding hydrogens is 214 g/mol. The number of anilines is 1. The number of aliphatic hydroxyl groups is 2. The highest BCUT2D eigenvalue weighted by Crippen LogP contribution is 2.29. The lowest BCUT2D eigenvalue weighted by Crippen LogP contribution is -2.34. The molecule has 1 fully saturated rings. The van der Waals surface area contributed by atoms with Crippen molar-refractivity contribution in [3.63, 3.8) is 0 Å². The molecule has 1 aliphatic heterocycles. The molecule has 0 amide bonds. The number of aromatic nitrogens is 2. The second-order valence-corrected chi connectivity index (χ2v) is 3.89. The van der Waals surface area contributed by atoms with E-state index in [9.17, 15) is 9.90 Å². The Bertz CT molecular complexity index is 447. The number of hydrogen-bond acceptors (Lipinski definition) is 6. The van der Waals surface area contributed by atoms with Crippen LogP contribution < -0.4 is 11.4 Å². The average Bonchev–Trinajstić information content (AvgIpc) is 2.62. The summed E-state index contributed by atoms with van der Waals surface area (Å²) in [6, 6.07) is 1.47. The monoisotopic (exact) mass is 227 g/mol. The molecule has 2 atom stereocenters. The van der Waals surface area contributed by atoms with Crippen molar-refractivity contribution < 1.29 is 14.9 Å². The summed E-state index contributed by atoms with van der Waals surface area (Å²) in [6.07, 6.45) is 0.991. The number of nitrogens with two attached hydrogens (primary N) is 1. The van der Waals surface area contributed by atoms with Crippen LogP contribution in [0, 0.1) is 0 Å². The van der Waals surface area contributed by atoms with Crippen molar-refractivity contribution in [1.82, 2.24) is 9.55 Å². The van der Waals surface area contributed by atoms with Gasteiger partial charge in [0.2, 0.25) is 0 Å². The van der Waals surface area contributed by atoms with E-state index in [-0.39, 0.29) is 18.8 Å². The molecule has 0 aromatic carbocycles. The van der Waals surface area contributed by atoms with Crippen LogP contribution in [-0.2, 0) is 4.74 Å². The molecule has 1 aromatic rings. The maximum atomic E-state index is 11.5. The Kier molecular flexibility index (Phi) is 2.66. The molecule has 0 bridgehead atoms. The van der Waals surface area contributed by atoms with Gasteiger partial charge in [0.1, 0.15) is 17.6 Å². The summed E-state index contributed by atoms with van der Waals surface area (Å²) in [4.78, 5) is 15.0. The fraction of sp³-hybridized carbons (Fsp3) is 0.556.